The van der Waals surface area contributed by atoms with Gasteiger partial charge in [0.05, 0.1) is 7.11 Å². The van der Waals surface area contributed by atoms with Crippen LogP contribution >= 0.6 is 0 Å². The topological polar surface area (TPSA) is 116 Å². The molecule has 0 heterocycles. The molecule has 0 saturated heterocycles. The summed E-state index contributed by atoms with van der Waals surface area (Å²) in [5, 5.41) is 0. The molecule has 0 aromatic heterocycles. The van der Waals surface area contributed by atoms with Crippen LogP contribution < -0.4 is 8.91 Å². The molecule has 0 saturated carbocycles. The van der Waals surface area contributed by atoms with E-state index >= 15 is 0 Å². The highest BCUT2D eigenvalue weighted by molar-refractivity contribution is 7.90. The first kappa shape index (κ1) is 24.0. The third kappa shape index (κ3) is 5.96. The van der Waals surface area contributed by atoms with E-state index in [0.29, 0.717) is 0 Å². The number of hydrogen-bond donors (Lipinski definition) is 1. The highest BCUT2D eigenvalue weighted by Crippen LogP contribution is 2.27. The standard InChI is InChI=1S/C12H11F6NO7S2/c1-25-10(20)9(19-27(21,22)11(13,14)15)6-7-2-4-8(5-3-7)26-28(23,24)12(16,17)18/h2-5,9,19H,6H2,1H3. The second-order valence-electron chi connectivity index (χ2n) is 4.97. The van der Waals surface area contributed by atoms with E-state index in [1.807, 2.05) is 0 Å². The Morgan fingerprint density at radius 3 is 1.89 bits per heavy atom. The highest BCUT2D eigenvalue weighted by Gasteiger charge is 2.49. The quantitative estimate of drug-likeness (QED) is 0.284. The molecular formula is C12H11F6NO7S2. The van der Waals surface area contributed by atoms with E-state index < -0.39 is 55.3 Å². The van der Waals surface area contributed by atoms with Gasteiger partial charge < -0.3 is 8.92 Å². The van der Waals surface area contributed by atoms with Crippen LogP contribution in [0.2, 0.25) is 0 Å². The molecule has 8 nitrogen and oxygen atoms in total. The van der Waals surface area contributed by atoms with Crippen LogP contribution in [0.15, 0.2) is 24.3 Å². The van der Waals surface area contributed by atoms with Gasteiger partial charge in [-0.15, -0.1) is 0 Å². The first-order valence-electron chi connectivity index (χ1n) is 6.76. The first-order valence-corrected chi connectivity index (χ1v) is 9.65. The van der Waals surface area contributed by atoms with Gasteiger partial charge in [0.2, 0.25) is 0 Å². The maximum atomic E-state index is 12.4. The Hall–Kier alpha value is -2.07. The van der Waals surface area contributed by atoms with Gasteiger partial charge in [-0.2, -0.15) is 39.5 Å². The molecule has 0 spiro atoms. The lowest BCUT2D eigenvalue weighted by atomic mass is 10.1. The van der Waals surface area contributed by atoms with Crippen molar-refractivity contribution in [2.45, 2.75) is 23.5 Å². The minimum atomic E-state index is -5.94. The number of rotatable bonds is 7. The van der Waals surface area contributed by atoms with Crippen LogP contribution in [0.5, 0.6) is 5.75 Å². The number of alkyl halides is 6. The van der Waals surface area contributed by atoms with Crippen molar-refractivity contribution in [1.29, 1.82) is 0 Å². The van der Waals surface area contributed by atoms with Crippen molar-refractivity contribution in [2.75, 3.05) is 7.11 Å². The van der Waals surface area contributed by atoms with Crippen molar-refractivity contribution < 1.29 is 56.9 Å². The van der Waals surface area contributed by atoms with Gasteiger partial charge in [0.15, 0.2) is 0 Å². The second kappa shape index (κ2) is 8.12. The van der Waals surface area contributed by atoms with Gasteiger partial charge in [0.1, 0.15) is 11.8 Å². The summed E-state index contributed by atoms with van der Waals surface area (Å²) in [6.45, 7) is 0. The normalized spacial score (nSPS) is 14.4. The molecule has 1 aromatic rings. The number of methoxy groups -OCH3 is 1. The van der Waals surface area contributed by atoms with Gasteiger partial charge in [0, 0.05) is 0 Å². The minimum Gasteiger partial charge on any atom is -0.468 e. The van der Waals surface area contributed by atoms with Crippen molar-refractivity contribution >= 4 is 26.1 Å². The van der Waals surface area contributed by atoms with E-state index in [0.717, 1.165) is 36.1 Å². The fourth-order valence-corrected chi connectivity index (χ4v) is 2.81. The average Bonchev–Trinajstić information content (AvgIpc) is 2.52. The maximum Gasteiger partial charge on any atom is 0.534 e. The highest BCUT2D eigenvalue weighted by atomic mass is 32.2. The molecule has 1 aromatic carbocycles. The Bertz CT molecular complexity index is 907. The third-order valence-electron chi connectivity index (χ3n) is 2.94. The molecule has 1 atom stereocenters. The number of benzene rings is 1. The number of carbonyl (C=O) groups is 1. The number of nitrogens with one attached hydrogen (secondary N) is 1. The largest absolute Gasteiger partial charge is 0.534 e. The Morgan fingerprint density at radius 1 is 1.00 bits per heavy atom. The number of sulfonamides is 1. The van der Waals surface area contributed by atoms with Gasteiger partial charge >= 0.3 is 37.1 Å². The maximum absolute atomic E-state index is 12.4. The number of halogens is 6. The van der Waals surface area contributed by atoms with E-state index in [2.05, 4.69) is 8.92 Å². The van der Waals surface area contributed by atoms with Gasteiger partial charge in [-0.3, -0.25) is 4.79 Å². The SMILES string of the molecule is COC(=O)C(Cc1ccc(OS(=O)(=O)C(F)(F)F)cc1)NS(=O)(=O)C(F)(F)F. The van der Waals surface area contributed by atoms with E-state index in [1.54, 1.807) is 0 Å². The fourth-order valence-electron chi connectivity index (χ4n) is 1.66. The van der Waals surface area contributed by atoms with Crippen LogP contribution in [0.4, 0.5) is 26.3 Å². The van der Waals surface area contributed by atoms with Crippen LogP contribution in [0, 0.1) is 0 Å². The molecule has 1 unspecified atom stereocenters. The van der Waals surface area contributed by atoms with E-state index in [-0.39, 0.29) is 5.56 Å². The monoisotopic (exact) mass is 459 g/mol. The van der Waals surface area contributed by atoms with Gasteiger partial charge in [-0.25, -0.2) is 8.42 Å². The third-order valence-corrected chi connectivity index (χ3v) is 5.12. The Kier molecular flexibility index (Phi) is 6.95. The van der Waals surface area contributed by atoms with Gasteiger partial charge in [-0.1, -0.05) is 12.1 Å². The van der Waals surface area contributed by atoms with Crippen molar-refractivity contribution in [3.63, 3.8) is 0 Å². The number of esters is 1. The average molecular weight is 459 g/mol. The first-order chi connectivity index (χ1) is 12.5. The van der Waals surface area contributed by atoms with Crippen molar-refractivity contribution in [1.82, 2.24) is 4.72 Å². The molecule has 0 aliphatic heterocycles. The molecule has 0 radical (unpaired) electrons. The van der Waals surface area contributed by atoms with E-state index in [9.17, 15) is 48.0 Å². The molecule has 0 bridgehead atoms. The summed E-state index contributed by atoms with van der Waals surface area (Å²) in [5.41, 5.74) is -11.4. The molecule has 28 heavy (non-hydrogen) atoms. The summed E-state index contributed by atoms with van der Waals surface area (Å²) in [4.78, 5) is 11.5. The zero-order valence-electron chi connectivity index (χ0n) is 13.5. The summed E-state index contributed by atoms with van der Waals surface area (Å²) in [6, 6.07) is 1.27. The van der Waals surface area contributed by atoms with Crippen LogP contribution in [-0.4, -0.2) is 47.0 Å². The minimum absolute atomic E-state index is 0.0444. The van der Waals surface area contributed by atoms with Gasteiger partial charge in [-0.05, 0) is 24.1 Å². The van der Waals surface area contributed by atoms with Gasteiger partial charge in [0.25, 0.3) is 0 Å². The molecule has 1 N–H and O–H groups in total. The zero-order chi connectivity index (χ0) is 22.0. The van der Waals surface area contributed by atoms with E-state index in [1.165, 1.54) is 0 Å². The van der Waals surface area contributed by atoms with Crippen LogP contribution in [0.3, 0.4) is 0 Å². The lowest BCUT2D eigenvalue weighted by molar-refractivity contribution is -0.142. The molecular weight excluding hydrogens is 448 g/mol. The molecule has 0 aliphatic carbocycles. The summed E-state index contributed by atoms with van der Waals surface area (Å²) < 4.78 is 127. The summed E-state index contributed by atoms with van der Waals surface area (Å²) in [6.07, 6.45) is -0.686. The van der Waals surface area contributed by atoms with Crippen molar-refractivity contribution in [3.05, 3.63) is 29.8 Å². The Labute approximate surface area is 154 Å². The molecule has 0 aliphatic rings. The summed E-state index contributed by atoms with van der Waals surface area (Å²) in [5.74, 6) is -2.14. The zero-order valence-corrected chi connectivity index (χ0v) is 15.2. The Balaban J connectivity index is 3.02. The van der Waals surface area contributed by atoms with E-state index in [4.69, 9.17) is 0 Å². The number of ether oxygens (including phenoxy) is 1. The van der Waals surface area contributed by atoms with Crippen molar-refractivity contribution in [3.8, 4) is 5.75 Å². The lowest BCUT2D eigenvalue weighted by Crippen LogP contribution is -2.47. The Morgan fingerprint density at radius 2 is 1.50 bits per heavy atom. The van der Waals surface area contributed by atoms with Crippen LogP contribution in [0.25, 0.3) is 0 Å². The molecule has 0 fully saturated rings. The molecule has 16 heteroatoms. The summed E-state index contributed by atoms with van der Waals surface area (Å²) in [7, 11) is -11.0. The van der Waals surface area contributed by atoms with Crippen LogP contribution in [0.1, 0.15) is 5.56 Å². The lowest BCUT2D eigenvalue weighted by Gasteiger charge is -2.18. The molecule has 0 amide bonds. The predicted octanol–water partition coefficient (Wildman–Crippen LogP) is 1.44. The molecule has 1 rings (SSSR count). The predicted molar refractivity (Wildman–Crippen MR) is 79.7 cm³/mol. The number of carbonyl (C=O) groups excluding carboxylic acids is 1. The smallest absolute Gasteiger partial charge is 0.468 e. The summed E-state index contributed by atoms with van der Waals surface area (Å²) >= 11 is 0. The fraction of sp³-hybridized carbons (Fsp3) is 0.417. The van der Waals surface area contributed by atoms with Crippen molar-refractivity contribution in [2.24, 2.45) is 0 Å². The van der Waals surface area contributed by atoms with Crippen LogP contribution in [-0.2, 0) is 36.1 Å². The second-order valence-corrected chi connectivity index (χ2v) is 8.22. The number of hydrogen-bond acceptors (Lipinski definition) is 7. The molecule has 160 valence electrons.